The second-order valence-corrected chi connectivity index (χ2v) is 6.86. The van der Waals surface area contributed by atoms with Crippen LogP contribution in [-0.4, -0.2) is 54.3 Å². The number of hydrogen-bond acceptors (Lipinski definition) is 3. The van der Waals surface area contributed by atoms with E-state index in [1.54, 1.807) is 29.2 Å². The van der Waals surface area contributed by atoms with Crippen LogP contribution in [0.3, 0.4) is 0 Å². The summed E-state index contributed by atoms with van der Waals surface area (Å²) in [4.78, 5) is 29.0. The fraction of sp³-hybridized carbons (Fsp3) is 0.529. The molecule has 1 aromatic rings. The number of piperidine rings is 2. The predicted octanol–water partition coefficient (Wildman–Crippen LogP) is 2.22. The summed E-state index contributed by atoms with van der Waals surface area (Å²) in [6.07, 6.45) is 3.03. The molecule has 2 aliphatic rings. The van der Waals surface area contributed by atoms with Crippen LogP contribution in [0.1, 0.15) is 19.3 Å². The Kier molecular flexibility index (Phi) is 4.87. The second-order valence-electron chi connectivity index (χ2n) is 6.45. The maximum absolute atomic E-state index is 12.6. The summed E-state index contributed by atoms with van der Waals surface area (Å²) in [5, 5.41) is 3.07. The van der Waals surface area contributed by atoms with Crippen LogP contribution in [0.15, 0.2) is 24.3 Å². The molecule has 0 saturated carbocycles. The minimum atomic E-state index is -0.599. The van der Waals surface area contributed by atoms with Crippen molar-refractivity contribution in [2.45, 2.75) is 25.3 Å². The first kappa shape index (κ1) is 16.3. The summed E-state index contributed by atoms with van der Waals surface area (Å²) < 4.78 is 0. The first-order valence-corrected chi connectivity index (χ1v) is 8.49. The van der Waals surface area contributed by atoms with E-state index >= 15 is 0 Å². The molecule has 0 spiro atoms. The van der Waals surface area contributed by atoms with Gasteiger partial charge in [-0.25, -0.2) is 0 Å². The number of hydrogen-bond donors (Lipinski definition) is 1. The summed E-state index contributed by atoms with van der Waals surface area (Å²) in [5.41, 5.74) is 0.476. The molecule has 0 aromatic heterocycles. The van der Waals surface area contributed by atoms with Crippen LogP contribution >= 0.6 is 11.6 Å². The zero-order valence-corrected chi connectivity index (χ0v) is 14.1. The first-order valence-electron chi connectivity index (χ1n) is 8.11. The van der Waals surface area contributed by atoms with Crippen LogP contribution in [0, 0.1) is 5.92 Å². The van der Waals surface area contributed by atoms with Crippen molar-refractivity contribution < 1.29 is 9.59 Å². The number of fused-ring (bicyclic) bond motifs is 1. The number of likely N-dealkylation sites (tertiary alicyclic amines) is 2. The summed E-state index contributed by atoms with van der Waals surface area (Å²) in [5.74, 6) is -0.568. The van der Waals surface area contributed by atoms with Crippen molar-refractivity contribution in [1.29, 1.82) is 0 Å². The number of carbonyl (C=O) groups excluding carboxylic acids is 2. The number of amides is 2. The van der Waals surface area contributed by atoms with Crippen molar-refractivity contribution in [3.63, 3.8) is 0 Å². The Morgan fingerprint density at radius 3 is 2.78 bits per heavy atom. The van der Waals surface area contributed by atoms with Crippen LogP contribution in [0.5, 0.6) is 0 Å². The summed E-state index contributed by atoms with van der Waals surface area (Å²) in [7, 11) is 2.11. The van der Waals surface area contributed by atoms with Gasteiger partial charge in [-0.3, -0.25) is 9.59 Å². The molecule has 0 bridgehead atoms. The molecule has 0 unspecified atom stereocenters. The molecule has 3 rings (SSSR count). The molecule has 2 fully saturated rings. The van der Waals surface area contributed by atoms with Crippen molar-refractivity contribution in [1.82, 2.24) is 9.80 Å². The highest BCUT2D eigenvalue weighted by Gasteiger charge is 2.39. The molecule has 2 aliphatic heterocycles. The summed E-state index contributed by atoms with van der Waals surface area (Å²) >= 11 is 6.04. The zero-order valence-electron chi connectivity index (χ0n) is 13.3. The second kappa shape index (κ2) is 6.89. The smallest absolute Gasteiger partial charge is 0.313 e. The minimum Gasteiger partial charge on any atom is -0.331 e. The van der Waals surface area contributed by atoms with Crippen LogP contribution in [-0.2, 0) is 9.59 Å². The molecule has 2 amide bonds. The standard InChI is InChI=1S/C17H22ClN3O2/c1-20-10-8-15-12(11-20)5-4-9-21(15)17(23)16(22)19-14-7-3-2-6-13(14)18/h2-3,6-7,12,15H,4-5,8-11H2,1H3,(H,19,22)/t12-,15-/m1/s1. The van der Waals surface area contributed by atoms with Gasteiger partial charge in [-0.1, -0.05) is 23.7 Å². The number of halogens is 1. The molecular weight excluding hydrogens is 314 g/mol. The number of para-hydroxylation sites is 1. The van der Waals surface area contributed by atoms with E-state index in [0.717, 1.165) is 32.4 Å². The van der Waals surface area contributed by atoms with Crippen LogP contribution in [0.25, 0.3) is 0 Å². The average molecular weight is 336 g/mol. The Bertz CT molecular complexity index is 607. The summed E-state index contributed by atoms with van der Waals surface area (Å²) in [6, 6.07) is 7.13. The Hall–Kier alpha value is -1.59. The molecule has 1 N–H and O–H groups in total. The van der Waals surface area contributed by atoms with Gasteiger partial charge in [0.1, 0.15) is 0 Å². The largest absolute Gasteiger partial charge is 0.331 e. The van der Waals surface area contributed by atoms with Gasteiger partial charge < -0.3 is 15.1 Å². The molecule has 5 nitrogen and oxygen atoms in total. The highest BCUT2D eigenvalue weighted by molar-refractivity contribution is 6.41. The van der Waals surface area contributed by atoms with Crippen LogP contribution < -0.4 is 5.32 Å². The third-order valence-electron chi connectivity index (χ3n) is 4.85. The molecule has 6 heteroatoms. The minimum absolute atomic E-state index is 0.185. The number of nitrogens with zero attached hydrogens (tertiary/aromatic N) is 2. The van der Waals surface area contributed by atoms with E-state index in [1.807, 2.05) is 0 Å². The number of anilines is 1. The van der Waals surface area contributed by atoms with Gasteiger partial charge >= 0.3 is 11.8 Å². The van der Waals surface area contributed by atoms with Gasteiger partial charge in [-0.15, -0.1) is 0 Å². The monoisotopic (exact) mass is 335 g/mol. The van der Waals surface area contributed by atoms with Crippen molar-refractivity contribution in [3.05, 3.63) is 29.3 Å². The highest BCUT2D eigenvalue weighted by Crippen LogP contribution is 2.30. The maximum atomic E-state index is 12.6. The SMILES string of the molecule is CN1CC[C@@H]2[C@H](CCCN2C(=O)C(=O)Nc2ccccc2Cl)C1. The molecule has 23 heavy (non-hydrogen) atoms. The lowest BCUT2D eigenvalue weighted by molar-refractivity contribution is -0.148. The molecule has 2 heterocycles. The normalized spacial score (nSPS) is 24.9. The van der Waals surface area contributed by atoms with E-state index in [1.165, 1.54) is 0 Å². The lowest BCUT2D eigenvalue weighted by Crippen LogP contribution is -2.57. The van der Waals surface area contributed by atoms with E-state index in [9.17, 15) is 9.59 Å². The van der Waals surface area contributed by atoms with E-state index in [0.29, 0.717) is 23.2 Å². The topological polar surface area (TPSA) is 52.7 Å². The van der Waals surface area contributed by atoms with E-state index < -0.39 is 11.8 Å². The lowest BCUT2D eigenvalue weighted by Gasteiger charge is -2.46. The zero-order chi connectivity index (χ0) is 16.4. The van der Waals surface area contributed by atoms with Crippen molar-refractivity contribution >= 4 is 29.1 Å². The van der Waals surface area contributed by atoms with Gasteiger partial charge in [0.05, 0.1) is 10.7 Å². The van der Waals surface area contributed by atoms with Gasteiger partial charge in [0.2, 0.25) is 0 Å². The van der Waals surface area contributed by atoms with Gasteiger partial charge in [0.15, 0.2) is 0 Å². The van der Waals surface area contributed by atoms with Crippen LogP contribution in [0.4, 0.5) is 5.69 Å². The Balaban J connectivity index is 1.69. The Morgan fingerprint density at radius 2 is 2.00 bits per heavy atom. The highest BCUT2D eigenvalue weighted by atomic mass is 35.5. The third kappa shape index (κ3) is 3.51. The molecule has 2 saturated heterocycles. The summed E-state index contributed by atoms with van der Waals surface area (Å²) in [6.45, 7) is 2.64. The molecule has 2 atom stereocenters. The molecular formula is C17H22ClN3O2. The fourth-order valence-electron chi connectivity index (χ4n) is 3.71. The van der Waals surface area contributed by atoms with Crippen molar-refractivity contribution in [2.24, 2.45) is 5.92 Å². The number of carbonyl (C=O) groups is 2. The van der Waals surface area contributed by atoms with Gasteiger partial charge in [0, 0.05) is 19.1 Å². The van der Waals surface area contributed by atoms with E-state index in [4.69, 9.17) is 11.6 Å². The molecule has 124 valence electrons. The first-order chi connectivity index (χ1) is 11.1. The Labute approximate surface area is 141 Å². The maximum Gasteiger partial charge on any atom is 0.313 e. The van der Waals surface area contributed by atoms with Crippen molar-refractivity contribution in [3.8, 4) is 0 Å². The van der Waals surface area contributed by atoms with Crippen LogP contribution in [0.2, 0.25) is 5.02 Å². The number of rotatable bonds is 1. The molecule has 0 aliphatic carbocycles. The van der Waals surface area contributed by atoms with Gasteiger partial charge in [-0.05, 0) is 50.9 Å². The molecule has 1 aromatic carbocycles. The predicted molar refractivity (Wildman–Crippen MR) is 90.4 cm³/mol. The van der Waals surface area contributed by atoms with Crippen molar-refractivity contribution in [2.75, 3.05) is 32.0 Å². The van der Waals surface area contributed by atoms with Gasteiger partial charge in [0.25, 0.3) is 0 Å². The lowest BCUT2D eigenvalue weighted by atomic mass is 9.84. The third-order valence-corrected chi connectivity index (χ3v) is 5.18. The van der Waals surface area contributed by atoms with Gasteiger partial charge in [-0.2, -0.15) is 0 Å². The average Bonchev–Trinajstić information content (AvgIpc) is 2.55. The number of benzene rings is 1. The fourth-order valence-corrected chi connectivity index (χ4v) is 3.89. The van der Waals surface area contributed by atoms with E-state index in [-0.39, 0.29) is 6.04 Å². The molecule has 0 radical (unpaired) electrons. The van der Waals surface area contributed by atoms with E-state index in [2.05, 4.69) is 17.3 Å². The quantitative estimate of drug-likeness (QED) is 0.801. The number of nitrogens with one attached hydrogen (secondary N) is 1. The Morgan fingerprint density at radius 1 is 1.22 bits per heavy atom.